The van der Waals surface area contributed by atoms with Gasteiger partial charge >= 0.3 is 0 Å². The van der Waals surface area contributed by atoms with Crippen LogP contribution in [0.3, 0.4) is 0 Å². The van der Waals surface area contributed by atoms with Crippen LogP contribution in [-0.2, 0) is 0 Å². The zero-order chi connectivity index (χ0) is 31.0. The first-order valence-corrected chi connectivity index (χ1v) is 16.0. The van der Waals surface area contributed by atoms with Crippen LogP contribution in [-0.4, -0.2) is 9.97 Å². The van der Waals surface area contributed by atoms with Crippen molar-refractivity contribution in [2.75, 3.05) is 0 Å². The van der Waals surface area contributed by atoms with Gasteiger partial charge in [-0.25, -0.2) is 0 Å². The Hall–Kier alpha value is -4.24. The molecule has 0 bridgehead atoms. The van der Waals surface area contributed by atoms with Gasteiger partial charge in [-0.15, -0.1) is 0 Å². The van der Waals surface area contributed by atoms with E-state index in [1.165, 1.54) is 70.2 Å². The maximum atomic E-state index is 6.64. The van der Waals surface area contributed by atoms with Crippen molar-refractivity contribution in [2.24, 2.45) is 5.41 Å². The number of ether oxygens (including phenoxy) is 1. The highest BCUT2D eigenvalue weighted by Gasteiger charge is 2.28. The normalized spacial score (nSPS) is 14.9. The molecule has 1 saturated carbocycles. The second kappa shape index (κ2) is 12.0. The monoisotopic (exact) mass is 580 g/mol. The van der Waals surface area contributed by atoms with Crippen LogP contribution < -0.4 is 4.74 Å². The summed E-state index contributed by atoms with van der Waals surface area (Å²) in [4.78, 5) is 9.63. The minimum Gasteiger partial charge on any atom is -0.457 e. The maximum Gasteiger partial charge on any atom is 0.128 e. The van der Waals surface area contributed by atoms with Crippen LogP contribution in [0.5, 0.6) is 11.5 Å². The topological polar surface area (TPSA) is 35.0 Å². The second-order valence-electron chi connectivity index (χ2n) is 13.7. The zero-order valence-corrected chi connectivity index (χ0v) is 27.3. The fourth-order valence-corrected chi connectivity index (χ4v) is 6.52. The molecule has 1 fully saturated rings. The lowest BCUT2D eigenvalue weighted by Crippen LogP contribution is -2.20. The van der Waals surface area contributed by atoms with E-state index in [0.29, 0.717) is 11.3 Å². The maximum absolute atomic E-state index is 6.64. The van der Waals surface area contributed by atoms with E-state index in [9.17, 15) is 0 Å². The summed E-state index contributed by atoms with van der Waals surface area (Å²) in [5, 5.41) is 0. The van der Waals surface area contributed by atoms with Gasteiger partial charge in [0.15, 0.2) is 0 Å². The van der Waals surface area contributed by atoms with Gasteiger partial charge in [-0.2, -0.15) is 0 Å². The minimum absolute atomic E-state index is 0.422. The van der Waals surface area contributed by atoms with Crippen molar-refractivity contribution < 1.29 is 4.74 Å². The number of pyridine rings is 2. The summed E-state index contributed by atoms with van der Waals surface area (Å²) in [5.41, 5.74) is 14.5. The Labute approximate surface area is 263 Å². The van der Waals surface area contributed by atoms with Crippen LogP contribution in [0.25, 0.3) is 33.6 Å². The van der Waals surface area contributed by atoms with E-state index >= 15 is 0 Å². The summed E-state index contributed by atoms with van der Waals surface area (Å²) < 4.78 is 6.64. The van der Waals surface area contributed by atoms with Crippen molar-refractivity contribution in [3.63, 3.8) is 0 Å². The molecule has 0 aliphatic heterocycles. The van der Waals surface area contributed by atoms with Crippen molar-refractivity contribution >= 4 is 0 Å². The predicted molar refractivity (Wildman–Crippen MR) is 184 cm³/mol. The number of rotatable bonds is 6. The van der Waals surface area contributed by atoms with Crippen molar-refractivity contribution in [3.05, 3.63) is 119 Å². The van der Waals surface area contributed by atoms with Gasteiger partial charge in [-0.1, -0.05) is 49.7 Å². The van der Waals surface area contributed by atoms with E-state index in [4.69, 9.17) is 14.7 Å². The van der Waals surface area contributed by atoms with Crippen molar-refractivity contribution in [3.8, 4) is 45.1 Å². The average Bonchev–Trinajstić information content (AvgIpc) is 2.99. The molecule has 3 aromatic carbocycles. The average molecular weight is 581 g/mol. The van der Waals surface area contributed by atoms with Crippen molar-refractivity contribution in [1.82, 2.24) is 9.97 Å². The molecule has 224 valence electrons. The van der Waals surface area contributed by atoms with Crippen LogP contribution in [0.2, 0.25) is 0 Å². The first-order chi connectivity index (χ1) is 21.0. The minimum atomic E-state index is 0.422. The molecule has 5 aromatic rings. The Bertz CT molecular complexity index is 1820. The van der Waals surface area contributed by atoms with Gasteiger partial charge in [0.1, 0.15) is 11.5 Å². The summed E-state index contributed by atoms with van der Waals surface area (Å²) >= 11 is 0. The SMILES string of the molecule is Cc1ccc(-c2cc(-c3cccc(Oc4cc(-c5cc(C)c(C)cn5)cc(C5CCC(C)(C)CC5)c4)c3)ncc2C)c(C)c1. The molecule has 0 atom stereocenters. The van der Waals surface area contributed by atoms with Crippen LogP contribution in [0.4, 0.5) is 0 Å². The molecule has 0 saturated heterocycles. The molecule has 3 heteroatoms. The van der Waals surface area contributed by atoms with E-state index in [-0.39, 0.29) is 0 Å². The first kappa shape index (κ1) is 29.8. The number of aryl methyl sites for hydroxylation is 5. The predicted octanol–water partition coefficient (Wildman–Crippen LogP) is 11.5. The number of hydrogen-bond donors (Lipinski definition) is 0. The Morgan fingerprint density at radius 1 is 0.614 bits per heavy atom. The lowest BCUT2D eigenvalue weighted by Gasteiger charge is -2.34. The van der Waals surface area contributed by atoms with Gasteiger partial charge in [0.05, 0.1) is 11.4 Å². The standard InChI is InChI=1S/C41H44N2O/c1-26-11-12-37(28(3)17-26)38-23-40(43-25-30(38)5)32-9-8-10-35(20-32)44-36-21-33(31-13-15-41(6,7)16-14-31)19-34(22-36)39-18-27(2)29(4)24-42-39/h8-12,17-25,31H,13-16H2,1-7H3. The van der Waals surface area contributed by atoms with E-state index in [0.717, 1.165) is 34.0 Å². The largest absolute Gasteiger partial charge is 0.457 e. The molecule has 0 spiro atoms. The first-order valence-electron chi connectivity index (χ1n) is 16.0. The molecule has 3 nitrogen and oxygen atoms in total. The summed E-state index contributed by atoms with van der Waals surface area (Å²) in [6.45, 7) is 15.5. The van der Waals surface area contributed by atoms with Gasteiger partial charge in [0, 0.05) is 23.5 Å². The van der Waals surface area contributed by atoms with E-state index in [1.54, 1.807) is 0 Å². The van der Waals surface area contributed by atoms with E-state index < -0.39 is 0 Å². The Kier molecular flexibility index (Phi) is 8.16. The molecular weight excluding hydrogens is 536 g/mol. The van der Waals surface area contributed by atoms with Crippen molar-refractivity contribution in [2.45, 2.75) is 80.1 Å². The summed E-state index contributed by atoms with van der Waals surface area (Å²) in [7, 11) is 0. The molecule has 0 unspecified atom stereocenters. The van der Waals surface area contributed by atoms with Gasteiger partial charge in [0.2, 0.25) is 0 Å². The Morgan fingerprint density at radius 3 is 2.05 bits per heavy atom. The van der Waals surface area contributed by atoms with Crippen LogP contribution in [0, 0.1) is 40.0 Å². The summed E-state index contributed by atoms with van der Waals surface area (Å²) in [6, 6.07) is 26.1. The fourth-order valence-electron chi connectivity index (χ4n) is 6.52. The quantitative estimate of drug-likeness (QED) is 0.200. The van der Waals surface area contributed by atoms with Crippen LogP contribution in [0.15, 0.2) is 85.2 Å². The van der Waals surface area contributed by atoms with Crippen LogP contribution >= 0.6 is 0 Å². The van der Waals surface area contributed by atoms with E-state index in [2.05, 4.69) is 115 Å². The molecule has 44 heavy (non-hydrogen) atoms. The lowest BCUT2D eigenvalue weighted by molar-refractivity contribution is 0.224. The van der Waals surface area contributed by atoms with Gasteiger partial charge < -0.3 is 4.74 Å². The smallest absolute Gasteiger partial charge is 0.128 e. The Morgan fingerprint density at radius 2 is 1.32 bits per heavy atom. The molecule has 0 amide bonds. The number of nitrogens with zero attached hydrogens (tertiary/aromatic N) is 2. The molecule has 2 aromatic heterocycles. The lowest BCUT2D eigenvalue weighted by atomic mass is 9.71. The van der Waals surface area contributed by atoms with Gasteiger partial charge in [-0.05, 0) is 153 Å². The third-order valence-electron chi connectivity index (χ3n) is 9.55. The third-order valence-corrected chi connectivity index (χ3v) is 9.55. The zero-order valence-electron chi connectivity index (χ0n) is 27.3. The molecule has 0 radical (unpaired) electrons. The Balaban J connectivity index is 1.34. The molecular formula is C41H44N2O. The third kappa shape index (κ3) is 6.48. The van der Waals surface area contributed by atoms with Crippen molar-refractivity contribution in [1.29, 1.82) is 0 Å². The summed E-state index contributed by atoms with van der Waals surface area (Å²) in [6.07, 6.45) is 8.85. The van der Waals surface area contributed by atoms with Crippen LogP contribution in [0.1, 0.15) is 78.8 Å². The second-order valence-corrected chi connectivity index (χ2v) is 13.7. The molecule has 1 aliphatic rings. The number of hydrogen-bond acceptors (Lipinski definition) is 3. The molecule has 2 heterocycles. The van der Waals surface area contributed by atoms with E-state index in [1.807, 2.05) is 18.5 Å². The highest BCUT2D eigenvalue weighted by atomic mass is 16.5. The molecule has 1 aliphatic carbocycles. The highest BCUT2D eigenvalue weighted by Crippen LogP contribution is 2.44. The number of aromatic nitrogens is 2. The number of benzene rings is 3. The summed E-state index contributed by atoms with van der Waals surface area (Å²) in [5.74, 6) is 2.19. The van der Waals surface area contributed by atoms with Gasteiger partial charge in [-0.3, -0.25) is 9.97 Å². The molecule has 0 N–H and O–H groups in total. The van der Waals surface area contributed by atoms with Gasteiger partial charge in [0.25, 0.3) is 0 Å². The fraction of sp³-hybridized carbons (Fsp3) is 0.317. The molecule has 6 rings (SSSR count). The highest BCUT2D eigenvalue weighted by molar-refractivity contribution is 5.75.